The molecule has 4 nitrogen and oxygen atoms in total. The Labute approximate surface area is 136 Å². The highest BCUT2D eigenvalue weighted by molar-refractivity contribution is 8.00. The summed E-state index contributed by atoms with van der Waals surface area (Å²) in [7, 11) is 1.42. The first-order valence-electron chi connectivity index (χ1n) is 7.65. The third-order valence-corrected chi connectivity index (χ3v) is 4.88. The Morgan fingerprint density at radius 3 is 2.45 bits per heavy atom. The zero-order chi connectivity index (χ0) is 16.1. The van der Waals surface area contributed by atoms with Crippen molar-refractivity contribution < 1.29 is 14.3 Å². The van der Waals surface area contributed by atoms with E-state index in [-0.39, 0.29) is 17.8 Å². The molecule has 120 valence electrons. The number of ether oxygens (including phenoxy) is 1. The number of carbonyl (C=O) groups is 2. The van der Waals surface area contributed by atoms with Gasteiger partial charge in [0.15, 0.2) is 0 Å². The number of rotatable bonds is 4. The van der Waals surface area contributed by atoms with Crippen molar-refractivity contribution >= 4 is 23.6 Å². The molecule has 1 saturated heterocycles. The van der Waals surface area contributed by atoms with Crippen LogP contribution in [0.3, 0.4) is 0 Å². The summed E-state index contributed by atoms with van der Waals surface area (Å²) >= 11 is 1.70. The van der Waals surface area contributed by atoms with Gasteiger partial charge in [-0.2, -0.15) is 0 Å². The van der Waals surface area contributed by atoms with Crippen LogP contribution in [-0.2, 0) is 9.53 Å². The van der Waals surface area contributed by atoms with Gasteiger partial charge in [0.2, 0.25) is 0 Å². The summed E-state index contributed by atoms with van der Waals surface area (Å²) in [6, 6.07) is 7.75. The minimum atomic E-state index is -0.164. The number of likely N-dealkylation sites (tertiary alicyclic amines) is 1. The third-order valence-electron chi connectivity index (χ3n) is 3.80. The molecule has 1 heterocycles. The fourth-order valence-electron chi connectivity index (χ4n) is 2.66. The van der Waals surface area contributed by atoms with Gasteiger partial charge in [0.05, 0.1) is 18.6 Å². The quantitative estimate of drug-likeness (QED) is 0.631. The van der Waals surface area contributed by atoms with E-state index in [2.05, 4.69) is 13.8 Å². The number of carbonyl (C=O) groups excluding carboxylic acids is 2. The van der Waals surface area contributed by atoms with E-state index in [4.69, 9.17) is 4.74 Å². The zero-order valence-corrected chi connectivity index (χ0v) is 14.2. The lowest BCUT2D eigenvalue weighted by molar-refractivity contribution is -0.146. The van der Waals surface area contributed by atoms with Crippen LogP contribution in [0, 0.1) is 5.92 Å². The fraction of sp³-hybridized carbons (Fsp3) is 0.529. The normalized spacial score (nSPS) is 15.9. The standard InChI is InChI=1S/C17H23NO3S/c1-12(2)22-15-7-5-4-6-14(15)16(19)18-10-8-13(9-11-18)17(20)21-3/h4-7,12-13H,8-11H2,1-3H3. The van der Waals surface area contributed by atoms with Crippen molar-refractivity contribution in [1.29, 1.82) is 0 Å². The van der Waals surface area contributed by atoms with E-state index in [0.29, 0.717) is 31.2 Å². The van der Waals surface area contributed by atoms with Crippen LogP contribution in [0.15, 0.2) is 29.2 Å². The van der Waals surface area contributed by atoms with E-state index < -0.39 is 0 Å². The van der Waals surface area contributed by atoms with Crippen molar-refractivity contribution in [2.24, 2.45) is 5.92 Å². The predicted molar refractivity (Wildman–Crippen MR) is 88.1 cm³/mol. The van der Waals surface area contributed by atoms with Crippen LogP contribution in [0.5, 0.6) is 0 Å². The Balaban J connectivity index is 2.06. The molecule has 0 radical (unpaired) electrons. The maximum atomic E-state index is 12.7. The van der Waals surface area contributed by atoms with Crippen LogP contribution < -0.4 is 0 Å². The SMILES string of the molecule is COC(=O)C1CCN(C(=O)c2ccccc2SC(C)C)CC1. The van der Waals surface area contributed by atoms with E-state index in [9.17, 15) is 9.59 Å². The lowest BCUT2D eigenvalue weighted by Crippen LogP contribution is -2.40. The van der Waals surface area contributed by atoms with Crippen LogP contribution in [0.4, 0.5) is 0 Å². The number of benzene rings is 1. The Kier molecular flexibility index (Phi) is 5.89. The average molecular weight is 321 g/mol. The lowest BCUT2D eigenvalue weighted by Gasteiger charge is -2.31. The van der Waals surface area contributed by atoms with Crippen LogP contribution in [0.1, 0.15) is 37.0 Å². The van der Waals surface area contributed by atoms with Gasteiger partial charge in [-0.25, -0.2) is 0 Å². The Morgan fingerprint density at radius 2 is 1.86 bits per heavy atom. The molecule has 0 unspecified atom stereocenters. The molecular formula is C17H23NO3S. The Bertz CT molecular complexity index is 536. The van der Waals surface area contributed by atoms with Crippen molar-refractivity contribution in [3.8, 4) is 0 Å². The van der Waals surface area contributed by atoms with Crippen molar-refractivity contribution in [2.75, 3.05) is 20.2 Å². The van der Waals surface area contributed by atoms with Crippen molar-refractivity contribution in [1.82, 2.24) is 4.90 Å². The maximum Gasteiger partial charge on any atom is 0.308 e. The number of hydrogen-bond donors (Lipinski definition) is 0. The van der Waals surface area contributed by atoms with E-state index in [1.54, 1.807) is 11.8 Å². The van der Waals surface area contributed by atoms with E-state index >= 15 is 0 Å². The second-order valence-corrected chi connectivity index (χ2v) is 7.37. The minimum Gasteiger partial charge on any atom is -0.469 e. The molecule has 1 aliphatic rings. The van der Waals surface area contributed by atoms with Gasteiger partial charge in [-0.05, 0) is 25.0 Å². The Hall–Kier alpha value is -1.49. The number of esters is 1. The molecule has 0 aliphatic carbocycles. The molecule has 1 aliphatic heterocycles. The molecule has 22 heavy (non-hydrogen) atoms. The van der Waals surface area contributed by atoms with Gasteiger partial charge in [0.25, 0.3) is 5.91 Å². The van der Waals surface area contributed by atoms with Crippen molar-refractivity contribution in [2.45, 2.75) is 36.8 Å². The highest BCUT2D eigenvalue weighted by Gasteiger charge is 2.29. The molecule has 1 aromatic carbocycles. The molecule has 1 aromatic rings. The van der Waals surface area contributed by atoms with Gasteiger partial charge in [-0.15, -0.1) is 11.8 Å². The number of thioether (sulfide) groups is 1. The smallest absolute Gasteiger partial charge is 0.308 e. The molecule has 0 N–H and O–H groups in total. The highest BCUT2D eigenvalue weighted by Crippen LogP contribution is 2.28. The first kappa shape index (κ1) is 16.9. The van der Waals surface area contributed by atoms with Gasteiger partial charge in [0.1, 0.15) is 0 Å². The number of hydrogen-bond acceptors (Lipinski definition) is 4. The number of methoxy groups -OCH3 is 1. The van der Waals surface area contributed by atoms with Gasteiger partial charge in [-0.1, -0.05) is 26.0 Å². The summed E-state index contributed by atoms with van der Waals surface area (Å²) in [5.74, 6) is -0.177. The first-order valence-corrected chi connectivity index (χ1v) is 8.53. The maximum absolute atomic E-state index is 12.7. The topological polar surface area (TPSA) is 46.6 Å². The largest absolute Gasteiger partial charge is 0.469 e. The van der Waals surface area contributed by atoms with Gasteiger partial charge < -0.3 is 9.64 Å². The summed E-state index contributed by atoms with van der Waals surface area (Å²) in [5, 5.41) is 0.430. The van der Waals surface area contributed by atoms with Gasteiger partial charge >= 0.3 is 5.97 Å². The summed E-state index contributed by atoms with van der Waals surface area (Å²) in [6.45, 7) is 5.46. The molecule has 0 bridgehead atoms. The number of amides is 1. The van der Waals surface area contributed by atoms with Gasteiger partial charge in [0, 0.05) is 23.2 Å². The highest BCUT2D eigenvalue weighted by atomic mass is 32.2. The molecule has 1 amide bonds. The van der Waals surface area contributed by atoms with E-state index in [0.717, 1.165) is 10.5 Å². The molecule has 0 spiro atoms. The van der Waals surface area contributed by atoms with Gasteiger partial charge in [-0.3, -0.25) is 9.59 Å². The summed E-state index contributed by atoms with van der Waals surface area (Å²) in [4.78, 5) is 27.2. The molecule has 1 fully saturated rings. The van der Waals surface area contributed by atoms with Crippen molar-refractivity contribution in [3.63, 3.8) is 0 Å². The summed E-state index contributed by atoms with van der Waals surface area (Å²) in [5.41, 5.74) is 0.762. The lowest BCUT2D eigenvalue weighted by atomic mass is 9.96. The second kappa shape index (κ2) is 7.68. The summed E-state index contributed by atoms with van der Waals surface area (Å²) < 4.78 is 4.79. The number of nitrogens with zero attached hydrogens (tertiary/aromatic N) is 1. The second-order valence-electron chi connectivity index (χ2n) is 5.75. The zero-order valence-electron chi connectivity index (χ0n) is 13.4. The minimum absolute atomic E-state index is 0.0621. The average Bonchev–Trinajstić information content (AvgIpc) is 2.53. The summed E-state index contributed by atoms with van der Waals surface area (Å²) in [6.07, 6.45) is 1.36. The van der Waals surface area contributed by atoms with Crippen LogP contribution in [0.25, 0.3) is 0 Å². The molecule has 0 aromatic heterocycles. The van der Waals surface area contributed by atoms with E-state index in [1.165, 1.54) is 7.11 Å². The molecule has 0 saturated carbocycles. The predicted octanol–water partition coefficient (Wildman–Crippen LogP) is 3.21. The van der Waals surface area contributed by atoms with Crippen LogP contribution >= 0.6 is 11.8 Å². The monoisotopic (exact) mass is 321 g/mol. The molecule has 2 rings (SSSR count). The molecular weight excluding hydrogens is 298 g/mol. The third kappa shape index (κ3) is 4.03. The Morgan fingerprint density at radius 1 is 1.23 bits per heavy atom. The van der Waals surface area contributed by atoms with E-state index in [1.807, 2.05) is 29.2 Å². The number of piperidine rings is 1. The van der Waals surface area contributed by atoms with Crippen LogP contribution in [0.2, 0.25) is 0 Å². The molecule has 0 atom stereocenters. The van der Waals surface area contributed by atoms with Crippen molar-refractivity contribution in [3.05, 3.63) is 29.8 Å². The fourth-order valence-corrected chi connectivity index (χ4v) is 3.60. The first-order chi connectivity index (χ1) is 10.5. The van der Waals surface area contributed by atoms with Crippen LogP contribution in [-0.4, -0.2) is 42.2 Å². The molecule has 5 heteroatoms.